The highest BCUT2D eigenvalue weighted by Gasteiger charge is 2.34. The van der Waals surface area contributed by atoms with Crippen LogP contribution in [-0.4, -0.2) is 36.6 Å². The lowest BCUT2D eigenvalue weighted by atomic mass is 10.2. The van der Waals surface area contributed by atoms with Gasteiger partial charge in [0, 0.05) is 17.3 Å². The molecule has 0 aliphatic carbocycles. The third kappa shape index (κ3) is 3.17. The molecule has 1 aromatic carbocycles. The molecular weight excluding hydrogens is 268 g/mol. The molecule has 0 spiro atoms. The third-order valence-electron chi connectivity index (χ3n) is 3.08. The molecule has 1 atom stereocenters. The highest BCUT2D eigenvalue weighted by molar-refractivity contribution is 6.30. The number of rotatable bonds is 2. The number of urea groups is 1. The van der Waals surface area contributed by atoms with Gasteiger partial charge in [0.1, 0.15) is 6.04 Å². The molecule has 0 bridgehead atoms. The number of carbonyl (C=O) groups is 2. The molecule has 102 valence electrons. The van der Waals surface area contributed by atoms with Crippen LogP contribution in [0.15, 0.2) is 24.3 Å². The maximum absolute atomic E-state index is 12.1. The minimum Gasteiger partial charge on any atom is -0.467 e. The summed E-state index contributed by atoms with van der Waals surface area (Å²) in [6.45, 7) is 0.555. The average molecular weight is 283 g/mol. The van der Waals surface area contributed by atoms with Crippen LogP contribution in [-0.2, 0) is 9.53 Å². The second-order valence-corrected chi connectivity index (χ2v) is 4.75. The van der Waals surface area contributed by atoms with Gasteiger partial charge < -0.3 is 15.0 Å². The Hall–Kier alpha value is -1.75. The van der Waals surface area contributed by atoms with E-state index in [1.807, 2.05) is 0 Å². The Balaban J connectivity index is 2.03. The molecule has 1 fully saturated rings. The van der Waals surface area contributed by atoms with Crippen molar-refractivity contribution in [2.24, 2.45) is 0 Å². The van der Waals surface area contributed by atoms with E-state index in [1.165, 1.54) is 12.0 Å². The van der Waals surface area contributed by atoms with Crippen LogP contribution in [0.5, 0.6) is 0 Å². The molecule has 2 amide bonds. The summed E-state index contributed by atoms with van der Waals surface area (Å²) in [6, 6.07) is 6.03. The van der Waals surface area contributed by atoms with E-state index in [0.29, 0.717) is 23.7 Å². The summed E-state index contributed by atoms with van der Waals surface area (Å²) < 4.78 is 4.70. The molecule has 1 aliphatic rings. The Kier molecular flexibility index (Phi) is 4.27. The van der Waals surface area contributed by atoms with Crippen molar-refractivity contribution in [3.05, 3.63) is 29.3 Å². The van der Waals surface area contributed by atoms with Crippen LogP contribution in [0, 0.1) is 0 Å². The Morgan fingerprint density at radius 1 is 1.37 bits per heavy atom. The van der Waals surface area contributed by atoms with Gasteiger partial charge in [-0.1, -0.05) is 11.6 Å². The SMILES string of the molecule is COC(=O)C1CCCN1C(=O)Nc1ccc(Cl)cc1. The molecule has 1 aromatic rings. The standard InChI is InChI=1S/C13H15ClN2O3/c1-19-12(17)11-3-2-8-16(11)13(18)15-10-6-4-9(14)5-7-10/h4-7,11H,2-3,8H2,1H3,(H,15,18). The summed E-state index contributed by atoms with van der Waals surface area (Å²) >= 11 is 5.77. The van der Waals surface area contributed by atoms with E-state index in [9.17, 15) is 9.59 Å². The van der Waals surface area contributed by atoms with Gasteiger partial charge in [0.2, 0.25) is 0 Å². The topological polar surface area (TPSA) is 58.6 Å². The van der Waals surface area contributed by atoms with Gasteiger partial charge in [-0.15, -0.1) is 0 Å². The lowest BCUT2D eigenvalue weighted by Crippen LogP contribution is -2.43. The number of nitrogens with one attached hydrogen (secondary N) is 1. The molecule has 6 heteroatoms. The maximum Gasteiger partial charge on any atom is 0.328 e. The Morgan fingerprint density at radius 3 is 2.68 bits per heavy atom. The molecule has 19 heavy (non-hydrogen) atoms. The highest BCUT2D eigenvalue weighted by Crippen LogP contribution is 2.20. The zero-order chi connectivity index (χ0) is 13.8. The Morgan fingerprint density at radius 2 is 2.05 bits per heavy atom. The van der Waals surface area contributed by atoms with E-state index in [0.717, 1.165) is 6.42 Å². The van der Waals surface area contributed by atoms with Crippen LogP contribution in [0.4, 0.5) is 10.5 Å². The number of esters is 1. The van der Waals surface area contributed by atoms with Gasteiger partial charge >= 0.3 is 12.0 Å². The summed E-state index contributed by atoms with van der Waals surface area (Å²) in [7, 11) is 1.33. The predicted molar refractivity (Wildman–Crippen MR) is 72.2 cm³/mol. The minimum absolute atomic E-state index is 0.296. The number of nitrogens with zero attached hydrogens (tertiary/aromatic N) is 1. The Labute approximate surface area is 116 Å². The summed E-state index contributed by atoms with van der Waals surface area (Å²) in [5.41, 5.74) is 0.643. The zero-order valence-electron chi connectivity index (χ0n) is 10.6. The van der Waals surface area contributed by atoms with Gasteiger partial charge in [-0.3, -0.25) is 0 Å². The second-order valence-electron chi connectivity index (χ2n) is 4.31. The van der Waals surface area contributed by atoms with Crippen LogP contribution in [0.1, 0.15) is 12.8 Å². The molecule has 0 aromatic heterocycles. The van der Waals surface area contributed by atoms with Crippen molar-refractivity contribution in [3.8, 4) is 0 Å². The molecule has 0 saturated carbocycles. The molecule has 0 radical (unpaired) electrons. The normalized spacial score (nSPS) is 18.2. The number of ether oxygens (including phenoxy) is 1. The first-order valence-corrected chi connectivity index (χ1v) is 6.40. The number of halogens is 1. The predicted octanol–water partition coefficient (Wildman–Crippen LogP) is 2.51. The molecule has 1 unspecified atom stereocenters. The van der Waals surface area contributed by atoms with Gasteiger partial charge in [-0.25, -0.2) is 9.59 Å². The number of anilines is 1. The van der Waals surface area contributed by atoms with E-state index < -0.39 is 6.04 Å². The number of likely N-dealkylation sites (tertiary alicyclic amines) is 1. The number of carbonyl (C=O) groups excluding carboxylic acids is 2. The van der Waals surface area contributed by atoms with E-state index in [-0.39, 0.29) is 12.0 Å². The number of amides is 2. The fourth-order valence-electron chi connectivity index (χ4n) is 2.12. The van der Waals surface area contributed by atoms with Crippen molar-refractivity contribution in [3.63, 3.8) is 0 Å². The van der Waals surface area contributed by atoms with E-state index in [1.54, 1.807) is 24.3 Å². The molecule has 5 nitrogen and oxygen atoms in total. The lowest BCUT2D eigenvalue weighted by Gasteiger charge is -2.22. The van der Waals surface area contributed by atoms with Gasteiger partial charge in [0.25, 0.3) is 0 Å². The van der Waals surface area contributed by atoms with Crippen LogP contribution in [0.2, 0.25) is 5.02 Å². The van der Waals surface area contributed by atoms with Gasteiger partial charge in [-0.2, -0.15) is 0 Å². The number of benzene rings is 1. The van der Waals surface area contributed by atoms with Crippen molar-refractivity contribution in [2.45, 2.75) is 18.9 Å². The van der Waals surface area contributed by atoms with Crippen molar-refractivity contribution in [1.29, 1.82) is 0 Å². The average Bonchev–Trinajstić information content (AvgIpc) is 2.90. The summed E-state index contributed by atoms with van der Waals surface area (Å²) in [5, 5.41) is 3.34. The molecule has 1 N–H and O–H groups in total. The van der Waals surface area contributed by atoms with E-state index in [2.05, 4.69) is 5.32 Å². The molecular formula is C13H15ClN2O3. The number of methoxy groups -OCH3 is 1. The van der Waals surface area contributed by atoms with Gasteiger partial charge in [-0.05, 0) is 37.1 Å². The highest BCUT2D eigenvalue weighted by atomic mass is 35.5. The van der Waals surface area contributed by atoms with E-state index >= 15 is 0 Å². The van der Waals surface area contributed by atoms with Crippen molar-refractivity contribution < 1.29 is 14.3 Å². The first-order chi connectivity index (χ1) is 9.11. The molecule has 1 heterocycles. The summed E-state index contributed by atoms with van der Waals surface area (Å²) in [6.07, 6.45) is 1.44. The fraction of sp³-hybridized carbons (Fsp3) is 0.385. The van der Waals surface area contributed by atoms with Crippen molar-refractivity contribution in [1.82, 2.24) is 4.90 Å². The largest absolute Gasteiger partial charge is 0.467 e. The zero-order valence-corrected chi connectivity index (χ0v) is 11.3. The second kappa shape index (κ2) is 5.93. The summed E-state index contributed by atoms with van der Waals surface area (Å²) in [5.74, 6) is -0.372. The summed E-state index contributed by atoms with van der Waals surface area (Å²) in [4.78, 5) is 25.2. The Bertz CT molecular complexity index is 475. The van der Waals surface area contributed by atoms with Gasteiger partial charge in [0.05, 0.1) is 7.11 Å². The maximum atomic E-state index is 12.1. The lowest BCUT2D eigenvalue weighted by molar-refractivity contribution is -0.144. The van der Waals surface area contributed by atoms with Crippen LogP contribution in [0.25, 0.3) is 0 Å². The molecule has 2 rings (SSSR count). The third-order valence-corrected chi connectivity index (χ3v) is 3.33. The van der Waals surface area contributed by atoms with Crippen molar-refractivity contribution >= 4 is 29.3 Å². The quantitative estimate of drug-likeness (QED) is 0.848. The number of hydrogen-bond donors (Lipinski definition) is 1. The first kappa shape index (κ1) is 13.7. The van der Waals surface area contributed by atoms with E-state index in [4.69, 9.17) is 16.3 Å². The van der Waals surface area contributed by atoms with Crippen LogP contribution < -0.4 is 5.32 Å². The minimum atomic E-state index is -0.489. The fourth-order valence-corrected chi connectivity index (χ4v) is 2.25. The van der Waals surface area contributed by atoms with Crippen LogP contribution in [0.3, 0.4) is 0 Å². The smallest absolute Gasteiger partial charge is 0.328 e. The molecule has 1 saturated heterocycles. The van der Waals surface area contributed by atoms with Crippen molar-refractivity contribution in [2.75, 3.05) is 19.0 Å². The number of hydrogen-bond acceptors (Lipinski definition) is 3. The van der Waals surface area contributed by atoms with Crippen LogP contribution >= 0.6 is 11.6 Å². The van der Waals surface area contributed by atoms with Gasteiger partial charge in [0.15, 0.2) is 0 Å². The first-order valence-electron chi connectivity index (χ1n) is 6.03. The monoisotopic (exact) mass is 282 g/mol. The molecule has 1 aliphatic heterocycles.